The Kier molecular flexibility index (Phi) is 1.97. The summed E-state index contributed by atoms with van der Waals surface area (Å²) >= 11 is 9.34. The summed E-state index contributed by atoms with van der Waals surface area (Å²) in [6.45, 7) is 0. The molecule has 0 unspecified atom stereocenters. The molecular formula is C11H6BrClN2. The standard InChI is InChI=1S/C11H6BrClN2/c12-6-1-2-9-7(3-6)8-4-11(13)14-5-10(8)15-9/h1-5,15H. The van der Waals surface area contributed by atoms with Crippen molar-refractivity contribution in [2.24, 2.45) is 0 Å². The van der Waals surface area contributed by atoms with Crippen LogP contribution in [0.15, 0.2) is 34.9 Å². The lowest BCUT2D eigenvalue weighted by atomic mass is 10.2. The minimum Gasteiger partial charge on any atom is -0.353 e. The molecule has 2 heterocycles. The summed E-state index contributed by atoms with van der Waals surface area (Å²) in [7, 11) is 0. The fraction of sp³-hybridized carbons (Fsp3) is 0. The maximum atomic E-state index is 5.88. The van der Waals surface area contributed by atoms with E-state index in [4.69, 9.17) is 11.6 Å². The van der Waals surface area contributed by atoms with Gasteiger partial charge in [-0.2, -0.15) is 0 Å². The number of aromatic nitrogens is 2. The fourth-order valence-corrected chi connectivity index (χ4v) is 2.26. The number of aromatic amines is 1. The lowest BCUT2D eigenvalue weighted by Crippen LogP contribution is -1.73. The molecule has 0 amide bonds. The summed E-state index contributed by atoms with van der Waals surface area (Å²) in [5, 5.41) is 2.78. The highest BCUT2D eigenvalue weighted by Crippen LogP contribution is 2.28. The van der Waals surface area contributed by atoms with E-state index in [0.29, 0.717) is 5.15 Å². The van der Waals surface area contributed by atoms with Gasteiger partial charge in [-0.25, -0.2) is 4.98 Å². The molecular weight excluding hydrogens is 275 g/mol. The minimum absolute atomic E-state index is 0.517. The van der Waals surface area contributed by atoms with Crippen LogP contribution in [0.2, 0.25) is 5.15 Å². The largest absolute Gasteiger partial charge is 0.353 e. The molecule has 1 N–H and O–H groups in total. The number of pyridine rings is 1. The van der Waals surface area contributed by atoms with Crippen LogP contribution in [0.4, 0.5) is 0 Å². The van der Waals surface area contributed by atoms with Crippen LogP contribution in [-0.2, 0) is 0 Å². The first-order chi connectivity index (χ1) is 7.24. The van der Waals surface area contributed by atoms with E-state index < -0.39 is 0 Å². The molecule has 0 spiro atoms. The first-order valence-electron chi connectivity index (χ1n) is 4.46. The molecule has 0 bridgehead atoms. The third-order valence-electron chi connectivity index (χ3n) is 2.41. The quantitative estimate of drug-likeness (QED) is 0.617. The molecule has 4 heteroatoms. The van der Waals surface area contributed by atoms with Crippen LogP contribution in [0.5, 0.6) is 0 Å². The molecule has 2 nitrogen and oxygen atoms in total. The van der Waals surface area contributed by atoms with E-state index >= 15 is 0 Å². The number of rotatable bonds is 0. The zero-order valence-electron chi connectivity index (χ0n) is 7.59. The average Bonchev–Trinajstić information content (AvgIpc) is 2.56. The Balaban J connectivity index is 2.55. The van der Waals surface area contributed by atoms with Crippen LogP contribution in [0.25, 0.3) is 21.8 Å². The van der Waals surface area contributed by atoms with E-state index in [1.165, 1.54) is 0 Å². The third-order valence-corrected chi connectivity index (χ3v) is 3.11. The number of hydrogen-bond donors (Lipinski definition) is 1. The second kappa shape index (κ2) is 3.22. The van der Waals surface area contributed by atoms with E-state index in [0.717, 1.165) is 26.3 Å². The Morgan fingerprint density at radius 3 is 2.80 bits per heavy atom. The van der Waals surface area contributed by atoms with Crippen molar-refractivity contribution in [1.82, 2.24) is 9.97 Å². The smallest absolute Gasteiger partial charge is 0.129 e. The number of benzene rings is 1. The zero-order valence-corrected chi connectivity index (χ0v) is 9.93. The summed E-state index contributed by atoms with van der Waals surface area (Å²) in [6, 6.07) is 7.99. The Morgan fingerprint density at radius 2 is 1.93 bits per heavy atom. The van der Waals surface area contributed by atoms with Crippen LogP contribution in [0.3, 0.4) is 0 Å². The van der Waals surface area contributed by atoms with Crippen LogP contribution in [-0.4, -0.2) is 9.97 Å². The van der Waals surface area contributed by atoms with Crippen molar-refractivity contribution in [3.63, 3.8) is 0 Å². The molecule has 0 saturated heterocycles. The molecule has 1 aromatic carbocycles. The normalized spacial score (nSPS) is 11.3. The first-order valence-corrected chi connectivity index (χ1v) is 5.63. The molecule has 3 rings (SSSR count). The van der Waals surface area contributed by atoms with Gasteiger partial charge in [-0.3, -0.25) is 0 Å². The SMILES string of the molecule is Clc1cc2c(cn1)[nH]c1ccc(Br)cc12. The maximum Gasteiger partial charge on any atom is 0.129 e. The van der Waals surface area contributed by atoms with E-state index in [9.17, 15) is 0 Å². The number of nitrogens with zero attached hydrogens (tertiary/aromatic N) is 1. The van der Waals surface area contributed by atoms with Gasteiger partial charge in [0.25, 0.3) is 0 Å². The van der Waals surface area contributed by atoms with E-state index in [2.05, 4.69) is 32.0 Å². The summed E-state index contributed by atoms with van der Waals surface area (Å²) < 4.78 is 1.06. The van der Waals surface area contributed by atoms with Crippen molar-refractivity contribution in [3.05, 3.63) is 40.1 Å². The second-order valence-corrected chi connectivity index (χ2v) is 4.67. The van der Waals surface area contributed by atoms with Gasteiger partial charge < -0.3 is 4.98 Å². The number of nitrogens with one attached hydrogen (secondary N) is 1. The summed E-state index contributed by atoms with van der Waals surface area (Å²) in [5.74, 6) is 0. The first kappa shape index (κ1) is 9.19. The molecule has 2 aromatic heterocycles. The molecule has 0 aliphatic rings. The van der Waals surface area contributed by atoms with E-state index in [-0.39, 0.29) is 0 Å². The van der Waals surface area contributed by atoms with Crippen molar-refractivity contribution in [3.8, 4) is 0 Å². The van der Waals surface area contributed by atoms with Crippen LogP contribution in [0.1, 0.15) is 0 Å². The lowest BCUT2D eigenvalue weighted by Gasteiger charge is -1.92. The summed E-state index contributed by atoms with van der Waals surface area (Å²) in [6.07, 6.45) is 1.76. The number of fused-ring (bicyclic) bond motifs is 3. The summed E-state index contributed by atoms with van der Waals surface area (Å²) in [4.78, 5) is 7.34. The van der Waals surface area contributed by atoms with Crippen LogP contribution in [0, 0.1) is 0 Å². The number of hydrogen-bond acceptors (Lipinski definition) is 1. The average molecular weight is 282 g/mol. The van der Waals surface area contributed by atoms with E-state index in [1.54, 1.807) is 6.20 Å². The predicted molar refractivity (Wildman–Crippen MR) is 66.3 cm³/mol. The molecule has 74 valence electrons. The molecule has 0 aliphatic carbocycles. The van der Waals surface area contributed by atoms with Gasteiger partial charge in [-0.05, 0) is 24.3 Å². The van der Waals surface area contributed by atoms with Gasteiger partial charge in [0.2, 0.25) is 0 Å². The highest BCUT2D eigenvalue weighted by molar-refractivity contribution is 9.10. The molecule has 0 saturated carbocycles. The topological polar surface area (TPSA) is 28.7 Å². The maximum absolute atomic E-state index is 5.88. The Morgan fingerprint density at radius 1 is 1.13 bits per heavy atom. The van der Waals surface area contributed by atoms with Crippen molar-refractivity contribution in [1.29, 1.82) is 0 Å². The van der Waals surface area contributed by atoms with Gasteiger partial charge in [0.05, 0.1) is 11.7 Å². The van der Waals surface area contributed by atoms with Crippen molar-refractivity contribution < 1.29 is 0 Å². The van der Waals surface area contributed by atoms with Gasteiger partial charge >= 0.3 is 0 Å². The molecule has 15 heavy (non-hydrogen) atoms. The highest BCUT2D eigenvalue weighted by Gasteiger charge is 2.05. The van der Waals surface area contributed by atoms with Gasteiger partial charge in [0.1, 0.15) is 5.15 Å². The van der Waals surface area contributed by atoms with E-state index in [1.807, 2.05) is 18.2 Å². The number of H-pyrrole nitrogens is 1. The lowest BCUT2D eigenvalue weighted by molar-refractivity contribution is 1.35. The Hall–Kier alpha value is -1.06. The molecule has 0 radical (unpaired) electrons. The fourth-order valence-electron chi connectivity index (χ4n) is 1.75. The van der Waals surface area contributed by atoms with Crippen LogP contribution < -0.4 is 0 Å². The molecule has 0 aliphatic heterocycles. The minimum atomic E-state index is 0.517. The van der Waals surface area contributed by atoms with Gasteiger partial charge in [0, 0.05) is 20.8 Å². The number of halogens is 2. The monoisotopic (exact) mass is 280 g/mol. The van der Waals surface area contributed by atoms with Gasteiger partial charge in [-0.1, -0.05) is 27.5 Å². The van der Waals surface area contributed by atoms with Crippen molar-refractivity contribution in [2.75, 3.05) is 0 Å². The Bertz CT molecular complexity index is 604. The van der Waals surface area contributed by atoms with Gasteiger partial charge in [-0.15, -0.1) is 0 Å². The second-order valence-electron chi connectivity index (χ2n) is 3.37. The van der Waals surface area contributed by atoms with Crippen molar-refractivity contribution in [2.45, 2.75) is 0 Å². The van der Waals surface area contributed by atoms with Crippen molar-refractivity contribution >= 4 is 49.3 Å². The molecule has 3 aromatic rings. The molecule has 0 fully saturated rings. The Labute approximate surface area is 99.4 Å². The third kappa shape index (κ3) is 1.43. The summed E-state index contributed by atoms with van der Waals surface area (Å²) in [5.41, 5.74) is 2.10. The molecule has 0 atom stereocenters. The van der Waals surface area contributed by atoms with Crippen LogP contribution >= 0.6 is 27.5 Å². The zero-order chi connectivity index (χ0) is 10.4. The predicted octanol–water partition coefficient (Wildman–Crippen LogP) is 4.13. The van der Waals surface area contributed by atoms with Gasteiger partial charge in [0.15, 0.2) is 0 Å². The highest BCUT2D eigenvalue weighted by atomic mass is 79.9.